The fourth-order valence-corrected chi connectivity index (χ4v) is 3.78. The molecule has 2 N–H and O–H groups in total. The molecule has 2 aromatic rings. The second kappa shape index (κ2) is 6.93. The van der Waals surface area contributed by atoms with E-state index in [1.54, 1.807) is 18.4 Å². The first-order valence-corrected chi connectivity index (χ1v) is 8.47. The molecule has 0 aliphatic heterocycles. The molecule has 108 valence electrons. The van der Waals surface area contributed by atoms with Crippen molar-refractivity contribution in [1.82, 2.24) is 0 Å². The van der Waals surface area contributed by atoms with Gasteiger partial charge in [0.1, 0.15) is 17.6 Å². The predicted molar refractivity (Wildman–Crippen MR) is 89.7 cm³/mol. The van der Waals surface area contributed by atoms with Gasteiger partial charge in [-0.1, -0.05) is 0 Å². The van der Waals surface area contributed by atoms with Gasteiger partial charge in [0, 0.05) is 20.8 Å². The van der Waals surface area contributed by atoms with Crippen LogP contribution in [0.15, 0.2) is 38.6 Å². The molecule has 20 heavy (non-hydrogen) atoms. The topological polar surface area (TPSA) is 44.5 Å². The molecule has 0 radical (unpaired) electrons. The van der Waals surface area contributed by atoms with Crippen molar-refractivity contribution in [3.05, 3.63) is 43.5 Å². The maximum Gasteiger partial charge on any atom is 0.148 e. The fourth-order valence-electron chi connectivity index (χ4n) is 1.74. The molecule has 3 nitrogen and oxygen atoms in total. The minimum atomic E-state index is -0.184. The van der Waals surface area contributed by atoms with Crippen molar-refractivity contribution >= 4 is 43.2 Å². The second-order valence-electron chi connectivity index (χ2n) is 4.36. The van der Waals surface area contributed by atoms with Crippen LogP contribution in [0.3, 0.4) is 0 Å². The molecule has 1 heterocycles. The Morgan fingerprint density at radius 2 is 2.00 bits per heavy atom. The molecule has 0 saturated heterocycles. The van der Waals surface area contributed by atoms with E-state index < -0.39 is 0 Å². The van der Waals surface area contributed by atoms with Crippen molar-refractivity contribution in [2.45, 2.75) is 19.1 Å². The molecule has 1 aromatic heterocycles. The molecule has 2 unspecified atom stereocenters. The predicted octanol–water partition coefficient (Wildman–Crippen LogP) is 4.75. The van der Waals surface area contributed by atoms with E-state index in [-0.39, 0.29) is 12.1 Å². The van der Waals surface area contributed by atoms with E-state index in [1.165, 1.54) is 0 Å². The summed E-state index contributed by atoms with van der Waals surface area (Å²) in [4.78, 5) is 1.09. The van der Waals surface area contributed by atoms with Gasteiger partial charge in [-0.05, 0) is 63.0 Å². The van der Waals surface area contributed by atoms with Crippen LogP contribution in [-0.4, -0.2) is 13.2 Å². The number of hydrogen-bond acceptors (Lipinski definition) is 4. The Morgan fingerprint density at radius 1 is 1.25 bits per heavy atom. The molecule has 0 saturated carbocycles. The van der Waals surface area contributed by atoms with Crippen molar-refractivity contribution in [2.24, 2.45) is 5.73 Å². The van der Waals surface area contributed by atoms with Crippen LogP contribution in [0, 0.1) is 0 Å². The Kier molecular flexibility index (Phi) is 5.49. The van der Waals surface area contributed by atoms with Crippen LogP contribution >= 0.6 is 43.2 Å². The zero-order valence-corrected chi connectivity index (χ0v) is 15.1. The zero-order chi connectivity index (χ0) is 14.7. The zero-order valence-electron chi connectivity index (χ0n) is 11.1. The van der Waals surface area contributed by atoms with Gasteiger partial charge in [-0.3, -0.25) is 0 Å². The number of nitrogens with two attached hydrogens (primary N) is 1. The normalized spacial score (nSPS) is 13.8. The minimum absolute atomic E-state index is 0.116. The van der Waals surface area contributed by atoms with Crippen molar-refractivity contribution < 1.29 is 9.47 Å². The summed E-state index contributed by atoms with van der Waals surface area (Å²) in [5.41, 5.74) is 6.06. The highest BCUT2D eigenvalue weighted by Crippen LogP contribution is 2.35. The number of thiophene rings is 1. The lowest BCUT2D eigenvalue weighted by molar-refractivity contribution is 0.182. The van der Waals surface area contributed by atoms with Crippen LogP contribution in [0.5, 0.6) is 11.5 Å². The highest BCUT2D eigenvalue weighted by atomic mass is 79.9. The highest BCUT2D eigenvalue weighted by Gasteiger charge is 2.21. The third kappa shape index (κ3) is 3.75. The summed E-state index contributed by atoms with van der Waals surface area (Å²) in [5.74, 6) is 1.53. The van der Waals surface area contributed by atoms with E-state index in [1.807, 2.05) is 36.6 Å². The smallest absolute Gasteiger partial charge is 0.148 e. The summed E-state index contributed by atoms with van der Waals surface area (Å²) in [5, 5.41) is 2.02. The number of halogens is 2. The van der Waals surface area contributed by atoms with Crippen LogP contribution in [0.4, 0.5) is 0 Å². The summed E-state index contributed by atoms with van der Waals surface area (Å²) in [7, 11) is 1.64. The average molecular weight is 421 g/mol. The van der Waals surface area contributed by atoms with Crippen molar-refractivity contribution in [1.29, 1.82) is 0 Å². The average Bonchev–Trinajstić information content (AvgIpc) is 2.83. The lowest BCUT2D eigenvalue weighted by Crippen LogP contribution is -2.28. The maximum absolute atomic E-state index is 6.07. The Hall–Kier alpha value is -0.560. The van der Waals surface area contributed by atoms with Crippen LogP contribution in [0.25, 0.3) is 0 Å². The third-order valence-electron chi connectivity index (χ3n) is 2.74. The Labute approximate surface area is 139 Å². The number of methoxy groups -OCH3 is 1. The summed E-state index contributed by atoms with van der Waals surface area (Å²) < 4.78 is 13.1. The maximum atomic E-state index is 6.07. The summed E-state index contributed by atoms with van der Waals surface area (Å²) >= 11 is 8.58. The molecule has 2 rings (SSSR count). The minimum Gasteiger partial charge on any atom is -0.497 e. The van der Waals surface area contributed by atoms with Gasteiger partial charge in [-0.25, -0.2) is 0 Å². The Morgan fingerprint density at radius 3 is 2.50 bits per heavy atom. The van der Waals surface area contributed by atoms with E-state index in [9.17, 15) is 0 Å². The molecule has 0 amide bonds. The van der Waals surface area contributed by atoms with E-state index in [2.05, 4.69) is 31.9 Å². The van der Waals surface area contributed by atoms with Gasteiger partial charge >= 0.3 is 0 Å². The first kappa shape index (κ1) is 15.8. The van der Waals surface area contributed by atoms with Crippen LogP contribution in [0.1, 0.15) is 17.9 Å². The standard InChI is InChI=1S/C14H15Br2NO2S/c1-8(17)14(13-5-9(15)7-20-13)19-12-4-3-10(18-2)6-11(12)16/h3-8,14H,17H2,1-2H3. The number of ether oxygens (including phenoxy) is 2. The number of hydrogen-bond donors (Lipinski definition) is 1. The first-order chi connectivity index (χ1) is 9.51. The molecular weight excluding hydrogens is 406 g/mol. The monoisotopic (exact) mass is 419 g/mol. The van der Waals surface area contributed by atoms with Crippen LogP contribution in [-0.2, 0) is 0 Å². The van der Waals surface area contributed by atoms with Crippen LogP contribution in [0.2, 0.25) is 0 Å². The van der Waals surface area contributed by atoms with Crippen molar-refractivity contribution in [3.63, 3.8) is 0 Å². The lowest BCUT2D eigenvalue weighted by Gasteiger charge is -2.22. The van der Waals surface area contributed by atoms with Gasteiger partial charge in [0.15, 0.2) is 0 Å². The van der Waals surface area contributed by atoms with E-state index >= 15 is 0 Å². The van der Waals surface area contributed by atoms with Gasteiger partial charge in [0.05, 0.1) is 11.6 Å². The van der Waals surface area contributed by atoms with Gasteiger partial charge in [-0.15, -0.1) is 11.3 Å². The number of rotatable bonds is 5. The summed E-state index contributed by atoms with van der Waals surface area (Å²) in [6.45, 7) is 1.94. The molecular formula is C14H15Br2NO2S. The van der Waals surface area contributed by atoms with Gasteiger partial charge in [0.25, 0.3) is 0 Å². The number of benzene rings is 1. The van der Waals surface area contributed by atoms with E-state index in [4.69, 9.17) is 15.2 Å². The van der Waals surface area contributed by atoms with Crippen molar-refractivity contribution in [2.75, 3.05) is 7.11 Å². The lowest BCUT2D eigenvalue weighted by atomic mass is 10.1. The van der Waals surface area contributed by atoms with Gasteiger partial charge in [0.2, 0.25) is 0 Å². The molecule has 0 aliphatic rings. The fraction of sp³-hybridized carbons (Fsp3) is 0.286. The Balaban J connectivity index is 2.25. The summed E-state index contributed by atoms with van der Waals surface area (Å²) in [6, 6.07) is 7.53. The second-order valence-corrected chi connectivity index (χ2v) is 7.07. The highest BCUT2D eigenvalue weighted by molar-refractivity contribution is 9.10. The third-order valence-corrected chi connectivity index (χ3v) is 5.11. The van der Waals surface area contributed by atoms with Gasteiger partial charge in [-0.2, -0.15) is 0 Å². The SMILES string of the molecule is COc1ccc(OC(c2cc(Br)cs2)C(C)N)c(Br)c1. The molecule has 6 heteroatoms. The molecule has 1 aromatic carbocycles. The van der Waals surface area contributed by atoms with Crippen LogP contribution < -0.4 is 15.2 Å². The first-order valence-electron chi connectivity index (χ1n) is 6.01. The molecule has 0 bridgehead atoms. The van der Waals surface area contributed by atoms with E-state index in [0.717, 1.165) is 25.3 Å². The molecule has 0 spiro atoms. The molecule has 2 atom stereocenters. The quantitative estimate of drug-likeness (QED) is 0.758. The largest absolute Gasteiger partial charge is 0.497 e. The van der Waals surface area contributed by atoms with Gasteiger partial charge < -0.3 is 15.2 Å². The van der Waals surface area contributed by atoms with E-state index in [0.29, 0.717) is 0 Å². The molecule has 0 fully saturated rings. The summed E-state index contributed by atoms with van der Waals surface area (Å²) in [6.07, 6.45) is -0.184. The molecule has 0 aliphatic carbocycles. The Bertz CT molecular complexity index is 586. The van der Waals surface area contributed by atoms with Crippen molar-refractivity contribution in [3.8, 4) is 11.5 Å².